The second-order valence-corrected chi connectivity index (χ2v) is 3.47. The molecular formula is C12H11FO3. The van der Waals surface area contributed by atoms with Gasteiger partial charge in [0.1, 0.15) is 23.2 Å². The Labute approximate surface area is 91.8 Å². The second kappa shape index (κ2) is 3.96. The van der Waals surface area contributed by atoms with Gasteiger partial charge in [0.05, 0.1) is 6.61 Å². The van der Waals surface area contributed by atoms with Crippen molar-refractivity contribution in [2.24, 2.45) is 0 Å². The molecule has 0 N–H and O–H groups in total. The molecule has 0 amide bonds. The fourth-order valence-electron chi connectivity index (χ4n) is 1.63. The van der Waals surface area contributed by atoms with E-state index in [0.717, 1.165) is 0 Å². The third-order valence-electron chi connectivity index (χ3n) is 2.32. The number of fused-ring (bicyclic) bond motifs is 1. The number of furan rings is 1. The molecule has 0 aliphatic rings. The molecule has 0 saturated heterocycles. The average molecular weight is 222 g/mol. The third-order valence-corrected chi connectivity index (χ3v) is 2.32. The lowest BCUT2D eigenvalue weighted by atomic mass is 10.1. The van der Waals surface area contributed by atoms with E-state index in [1.165, 1.54) is 18.4 Å². The molecule has 2 rings (SSSR count). The van der Waals surface area contributed by atoms with Crippen molar-refractivity contribution in [2.45, 2.75) is 13.8 Å². The van der Waals surface area contributed by atoms with Crippen LogP contribution in [0, 0.1) is 12.7 Å². The van der Waals surface area contributed by atoms with Gasteiger partial charge in [-0.1, -0.05) is 0 Å². The van der Waals surface area contributed by atoms with Crippen LogP contribution >= 0.6 is 0 Å². The lowest BCUT2D eigenvalue weighted by Gasteiger charge is -1.99. The number of halogens is 1. The summed E-state index contributed by atoms with van der Waals surface area (Å²) in [4.78, 5) is 11.5. The van der Waals surface area contributed by atoms with Crippen LogP contribution in [-0.2, 0) is 4.74 Å². The van der Waals surface area contributed by atoms with Gasteiger partial charge in [0, 0.05) is 5.39 Å². The van der Waals surface area contributed by atoms with Gasteiger partial charge < -0.3 is 9.15 Å². The van der Waals surface area contributed by atoms with Crippen LogP contribution in [-0.4, -0.2) is 12.6 Å². The summed E-state index contributed by atoms with van der Waals surface area (Å²) in [6.07, 6.45) is 1.30. The summed E-state index contributed by atoms with van der Waals surface area (Å²) in [7, 11) is 0. The summed E-state index contributed by atoms with van der Waals surface area (Å²) in [6.45, 7) is 3.72. The van der Waals surface area contributed by atoms with Gasteiger partial charge in [0.2, 0.25) is 0 Å². The first-order valence-corrected chi connectivity index (χ1v) is 4.98. The Morgan fingerprint density at radius 1 is 1.50 bits per heavy atom. The standard InChI is InChI=1S/C12H11FO3/c1-3-15-12(14)10-6-16-11-7(2)4-8(13)5-9(10)11/h4-6H,3H2,1-2H3. The van der Waals surface area contributed by atoms with E-state index in [0.29, 0.717) is 16.5 Å². The van der Waals surface area contributed by atoms with E-state index in [1.54, 1.807) is 13.8 Å². The second-order valence-electron chi connectivity index (χ2n) is 3.47. The fourth-order valence-corrected chi connectivity index (χ4v) is 1.63. The predicted octanol–water partition coefficient (Wildman–Crippen LogP) is 3.06. The van der Waals surface area contributed by atoms with Crippen LogP contribution in [0.4, 0.5) is 4.39 Å². The van der Waals surface area contributed by atoms with Gasteiger partial charge in [0.15, 0.2) is 0 Å². The molecule has 3 nitrogen and oxygen atoms in total. The summed E-state index contributed by atoms with van der Waals surface area (Å²) >= 11 is 0. The average Bonchev–Trinajstić information content (AvgIpc) is 2.61. The zero-order chi connectivity index (χ0) is 11.7. The van der Waals surface area contributed by atoms with Crippen molar-refractivity contribution >= 4 is 16.9 Å². The van der Waals surface area contributed by atoms with Crippen LogP contribution in [0.2, 0.25) is 0 Å². The van der Waals surface area contributed by atoms with E-state index in [4.69, 9.17) is 9.15 Å². The molecule has 0 bridgehead atoms. The van der Waals surface area contributed by atoms with Gasteiger partial charge in [-0.05, 0) is 31.5 Å². The Kier molecular flexibility index (Phi) is 2.64. The Hall–Kier alpha value is -1.84. The van der Waals surface area contributed by atoms with Crippen molar-refractivity contribution in [1.82, 2.24) is 0 Å². The summed E-state index contributed by atoms with van der Waals surface area (Å²) < 4.78 is 23.3. The van der Waals surface area contributed by atoms with Crippen molar-refractivity contribution in [3.05, 3.63) is 35.3 Å². The number of rotatable bonds is 2. The number of hydrogen-bond acceptors (Lipinski definition) is 3. The minimum absolute atomic E-state index is 0.263. The van der Waals surface area contributed by atoms with Crippen LogP contribution < -0.4 is 0 Å². The molecule has 16 heavy (non-hydrogen) atoms. The van der Waals surface area contributed by atoms with E-state index >= 15 is 0 Å². The lowest BCUT2D eigenvalue weighted by molar-refractivity contribution is 0.0527. The molecule has 0 aliphatic heterocycles. The van der Waals surface area contributed by atoms with Crippen LogP contribution in [0.25, 0.3) is 11.0 Å². The van der Waals surface area contributed by atoms with Gasteiger partial charge >= 0.3 is 5.97 Å². The van der Waals surface area contributed by atoms with Gasteiger partial charge in [0.25, 0.3) is 0 Å². The molecule has 84 valence electrons. The zero-order valence-electron chi connectivity index (χ0n) is 9.04. The van der Waals surface area contributed by atoms with Gasteiger partial charge in [-0.25, -0.2) is 9.18 Å². The van der Waals surface area contributed by atoms with E-state index in [1.807, 2.05) is 0 Å². The van der Waals surface area contributed by atoms with E-state index in [2.05, 4.69) is 0 Å². The Balaban J connectivity index is 2.60. The summed E-state index contributed by atoms with van der Waals surface area (Å²) in [5.74, 6) is -0.886. The number of esters is 1. The summed E-state index contributed by atoms with van der Waals surface area (Å²) in [5.41, 5.74) is 1.44. The summed E-state index contributed by atoms with van der Waals surface area (Å²) in [5, 5.41) is 0.455. The predicted molar refractivity (Wildman–Crippen MR) is 56.9 cm³/mol. The molecule has 2 aromatic rings. The number of aryl methyl sites for hydroxylation is 1. The monoisotopic (exact) mass is 222 g/mol. The minimum Gasteiger partial charge on any atom is -0.463 e. The van der Waals surface area contributed by atoms with Crippen molar-refractivity contribution in [2.75, 3.05) is 6.61 Å². The number of ether oxygens (including phenoxy) is 1. The number of hydrogen-bond donors (Lipinski definition) is 0. The van der Waals surface area contributed by atoms with Crippen molar-refractivity contribution in [1.29, 1.82) is 0 Å². The molecule has 1 heterocycles. The Bertz CT molecular complexity index is 542. The largest absolute Gasteiger partial charge is 0.463 e. The van der Waals surface area contributed by atoms with Crippen molar-refractivity contribution in [3.63, 3.8) is 0 Å². The van der Waals surface area contributed by atoms with E-state index in [9.17, 15) is 9.18 Å². The maximum Gasteiger partial charge on any atom is 0.342 e. The van der Waals surface area contributed by atoms with E-state index in [-0.39, 0.29) is 12.2 Å². The van der Waals surface area contributed by atoms with Crippen LogP contribution in [0.5, 0.6) is 0 Å². The highest BCUT2D eigenvalue weighted by Crippen LogP contribution is 2.26. The molecule has 0 aliphatic carbocycles. The van der Waals surface area contributed by atoms with Gasteiger partial charge in [-0.3, -0.25) is 0 Å². The number of carbonyl (C=O) groups is 1. The first kappa shape index (κ1) is 10.7. The molecule has 0 saturated carbocycles. The first-order valence-electron chi connectivity index (χ1n) is 4.98. The molecule has 4 heteroatoms. The maximum absolute atomic E-state index is 13.2. The van der Waals surface area contributed by atoms with Crippen molar-refractivity contribution < 1.29 is 18.3 Å². The molecule has 1 aromatic carbocycles. The minimum atomic E-state index is -0.494. The Morgan fingerprint density at radius 2 is 2.25 bits per heavy atom. The lowest BCUT2D eigenvalue weighted by Crippen LogP contribution is -2.03. The quantitative estimate of drug-likeness (QED) is 0.733. The number of benzene rings is 1. The topological polar surface area (TPSA) is 39.4 Å². The van der Waals surface area contributed by atoms with Gasteiger partial charge in [-0.2, -0.15) is 0 Å². The number of carbonyl (C=O) groups excluding carboxylic acids is 1. The highest BCUT2D eigenvalue weighted by atomic mass is 19.1. The molecule has 0 unspecified atom stereocenters. The van der Waals surface area contributed by atoms with Gasteiger partial charge in [-0.15, -0.1) is 0 Å². The first-order chi connectivity index (χ1) is 7.63. The third kappa shape index (κ3) is 1.66. The molecule has 0 radical (unpaired) electrons. The normalized spacial score (nSPS) is 10.7. The molecular weight excluding hydrogens is 211 g/mol. The van der Waals surface area contributed by atoms with Crippen molar-refractivity contribution in [3.8, 4) is 0 Å². The Morgan fingerprint density at radius 3 is 2.94 bits per heavy atom. The van der Waals surface area contributed by atoms with Crippen LogP contribution in [0.3, 0.4) is 0 Å². The molecule has 0 fully saturated rings. The molecule has 0 atom stereocenters. The SMILES string of the molecule is CCOC(=O)c1coc2c(C)cc(F)cc12. The van der Waals surface area contributed by atoms with Crippen LogP contribution in [0.1, 0.15) is 22.8 Å². The van der Waals surface area contributed by atoms with Crippen LogP contribution in [0.15, 0.2) is 22.8 Å². The highest BCUT2D eigenvalue weighted by molar-refractivity contribution is 6.03. The molecule has 0 spiro atoms. The smallest absolute Gasteiger partial charge is 0.342 e. The maximum atomic E-state index is 13.2. The zero-order valence-corrected chi connectivity index (χ0v) is 9.04. The summed E-state index contributed by atoms with van der Waals surface area (Å²) in [6, 6.07) is 2.64. The highest BCUT2D eigenvalue weighted by Gasteiger charge is 2.16. The fraction of sp³-hybridized carbons (Fsp3) is 0.250. The molecule has 1 aromatic heterocycles. The van der Waals surface area contributed by atoms with E-state index < -0.39 is 11.8 Å².